The van der Waals surface area contributed by atoms with Gasteiger partial charge in [0.05, 0.1) is 21.4 Å². The molecule has 0 bridgehead atoms. The zero-order valence-corrected chi connectivity index (χ0v) is 13.4. The Balaban J connectivity index is 2.46. The van der Waals surface area contributed by atoms with E-state index in [1.54, 1.807) is 28.8 Å². The second-order valence-electron chi connectivity index (χ2n) is 4.38. The Kier molecular flexibility index (Phi) is 4.45. The predicted molar refractivity (Wildman–Crippen MR) is 84.2 cm³/mol. The van der Waals surface area contributed by atoms with E-state index in [4.69, 9.17) is 28.9 Å². The summed E-state index contributed by atoms with van der Waals surface area (Å²) in [5.41, 5.74) is 7.01. The number of sulfone groups is 1. The number of hydrogen-bond acceptors (Lipinski definition) is 5. The van der Waals surface area contributed by atoms with E-state index in [-0.39, 0.29) is 0 Å². The summed E-state index contributed by atoms with van der Waals surface area (Å²) < 4.78 is 23.8. The first-order valence-electron chi connectivity index (χ1n) is 5.58. The first-order chi connectivity index (χ1) is 8.80. The van der Waals surface area contributed by atoms with Crippen molar-refractivity contribution in [3.05, 3.63) is 22.2 Å². The summed E-state index contributed by atoms with van der Waals surface area (Å²) >= 11 is 13.5. The monoisotopic (exact) mass is 340 g/mol. The number of rotatable bonds is 2. The van der Waals surface area contributed by atoms with E-state index in [1.165, 1.54) is 6.26 Å². The zero-order valence-electron chi connectivity index (χ0n) is 10.3. The van der Waals surface area contributed by atoms with Crippen LogP contribution in [0.25, 0.3) is 0 Å². The quantitative estimate of drug-likeness (QED) is 0.838. The molecule has 1 aliphatic rings. The second-order valence-corrected chi connectivity index (χ2v) is 8.55. The van der Waals surface area contributed by atoms with E-state index in [9.17, 15) is 8.42 Å². The molecule has 0 aliphatic carbocycles. The van der Waals surface area contributed by atoms with Gasteiger partial charge < -0.3 is 10.6 Å². The van der Waals surface area contributed by atoms with Gasteiger partial charge in [0.2, 0.25) is 0 Å². The average Bonchev–Trinajstić information content (AvgIpc) is 2.33. The van der Waals surface area contributed by atoms with Crippen molar-refractivity contribution in [2.24, 2.45) is 0 Å². The number of hydrogen-bond donors (Lipinski definition) is 1. The lowest BCUT2D eigenvalue weighted by molar-refractivity contribution is 0.584. The van der Waals surface area contributed by atoms with E-state index >= 15 is 0 Å². The minimum absolute atomic E-state index is 0.366. The van der Waals surface area contributed by atoms with E-state index in [2.05, 4.69) is 0 Å². The van der Waals surface area contributed by atoms with Gasteiger partial charge in [-0.05, 0) is 12.1 Å². The summed E-state index contributed by atoms with van der Waals surface area (Å²) in [4.78, 5) is 1.80. The molecule has 8 heteroatoms. The smallest absolute Gasteiger partial charge is 0.169 e. The Bertz CT molecular complexity index is 593. The van der Waals surface area contributed by atoms with Gasteiger partial charge in [-0.2, -0.15) is 11.8 Å². The highest BCUT2D eigenvalue weighted by Crippen LogP contribution is 2.36. The highest BCUT2D eigenvalue weighted by Gasteiger charge is 2.32. The minimum atomic E-state index is -3.19. The fraction of sp³-hybridized carbons (Fsp3) is 0.455. The van der Waals surface area contributed by atoms with Crippen molar-refractivity contribution < 1.29 is 8.42 Å². The molecule has 1 atom stereocenters. The van der Waals surface area contributed by atoms with Crippen molar-refractivity contribution in [1.29, 1.82) is 0 Å². The molecule has 0 amide bonds. The van der Waals surface area contributed by atoms with Crippen LogP contribution in [0.1, 0.15) is 0 Å². The van der Waals surface area contributed by atoms with Crippen LogP contribution >= 0.6 is 35.0 Å². The standard InChI is InChI=1S/C11H14Cl2N2O2S2/c1-19(16,17)11-6-18-3-2-15(11)10-5-8(13)7(12)4-9(10)14/h4-5,11H,2-3,6,14H2,1H3. The summed E-state index contributed by atoms with van der Waals surface area (Å²) in [5, 5.41) is 0.160. The number of halogens is 2. The van der Waals surface area contributed by atoms with E-state index in [1.807, 2.05) is 0 Å². The van der Waals surface area contributed by atoms with Crippen LogP contribution in [0.3, 0.4) is 0 Å². The molecule has 1 saturated heterocycles. The number of thioether (sulfide) groups is 1. The van der Waals surface area contributed by atoms with Crippen LogP contribution in [0.15, 0.2) is 12.1 Å². The highest BCUT2D eigenvalue weighted by atomic mass is 35.5. The molecule has 1 fully saturated rings. The third-order valence-corrected chi connectivity index (χ3v) is 6.32. The average molecular weight is 341 g/mol. The van der Waals surface area contributed by atoms with Crippen molar-refractivity contribution in [2.75, 3.05) is 34.9 Å². The first-order valence-corrected chi connectivity index (χ1v) is 9.45. The van der Waals surface area contributed by atoms with Crippen molar-refractivity contribution >= 4 is 56.2 Å². The van der Waals surface area contributed by atoms with Gasteiger partial charge in [0.15, 0.2) is 9.84 Å². The van der Waals surface area contributed by atoms with Gasteiger partial charge in [0, 0.05) is 24.3 Å². The normalized spacial score (nSPS) is 20.6. The maximum Gasteiger partial charge on any atom is 0.169 e. The molecule has 19 heavy (non-hydrogen) atoms. The van der Waals surface area contributed by atoms with Gasteiger partial charge in [-0.3, -0.25) is 0 Å². The SMILES string of the molecule is CS(=O)(=O)C1CSCCN1c1cc(Cl)c(Cl)cc1N. The molecule has 1 aromatic carbocycles. The summed E-state index contributed by atoms with van der Waals surface area (Å²) in [6.07, 6.45) is 1.24. The Morgan fingerprint density at radius 1 is 1.37 bits per heavy atom. The van der Waals surface area contributed by atoms with Crippen LogP contribution < -0.4 is 10.6 Å². The molecule has 2 N–H and O–H groups in total. The third-order valence-electron chi connectivity index (χ3n) is 2.96. The molecule has 1 aromatic rings. The van der Waals surface area contributed by atoms with Crippen molar-refractivity contribution in [2.45, 2.75) is 5.37 Å². The molecule has 1 heterocycles. The third kappa shape index (κ3) is 3.24. The van der Waals surface area contributed by atoms with Crippen LogP contribution in [0.4, 0.5) is 11.4 Å². The number of nitrogens with zero attached hydrogens (tertiary/aromatic N) is 1. The van der Waals surface area contributed by atoms with Crippen LogP contribution in [-0.4, -0.2) is 38.1 Å². The number of nitrogens with two attached hydrogens (primary N) is 1. The van der Waals surface area contributed by atoms with Crippen molar-refractivity contribution in [3.8, 4) is 0 Å². The fourth-order valence-electron chi connectivity index (χ4n) is 2.01. The van der Waals surface area contributed by atoms with E-state index in [0.29, 0.717) is 33.7 Å². The van der Waals surface area contributed by atoms with Crippen molar-refractivity contribution in [1.82, 2.24) is 0 Å². The molecule has 1 unspecified atom stereocenters. The Morgan fingerprint density at radius 2 is 2.00 bits per heavy atom. The van der Waals surface area contributed by atoms with Crippen LogP contribution in [0.5, 0.6) is 0 Å². The Morgan fingerprint density at radius 3 is 2.63 bits per heavy atom. The van der Waals surface area contributed by atoms with Gasteiger partial charge in [-0.15, -0.1) is 0 Å². The van der Waals surface area contributed by atoms with Gasteiger partial charge in [0.1, 0.15) is 5.37 Å². The van der Waals surface area contributed by atoms with Gasteiger partial charge in [-0.1, -0.05) is 23.2 Å². The lowest BCUT2D eigenvalue weighted by Crippen LogP contribution is -2.47. The molecule has 0 saturated carbocycles. The molecule has 0 spiro atoms. The summed E-state index contributed by atoms with van der Waals surface area (Å²) in [6, 6.07) is 3.19. The summed E-state index contributed by atoms with van der Waals surface area (Å²) in [7, 11) is -3.19. The Labute approximate surface area is 127 Å². The van der Waals surface area contributed by atoms with Gasteiger partial charge >= 0.3 is 0 Å². The second kappa shape index (κ2) is 5.60. The molecular weight excluding hydrogens is 327 g/mol. The largest absolute Gasteiger partial charge is 0.397 e. The summed E-state index contributed by atoms with van der Waals surface area (Å²) in [6.45, 7) is 0.616. The summed E-state index contributed by atoms with van der Waals surface area (Å²) in [5.74, 6) is 1.38. The molecule has 0 radical (unpaired) electrons. The molecule has 2 rings (SSSR count). The number of anilines is 2. The van der Waals surface area contributed by atoms with Crippen molar-refractivity contribution in [3.63, 3.8) is 0 Å². The lowest BCUT2D eigenvalue weighted by atomic mass is 10.2. The lowest BCUT2D eigenvalue weighted by Gasteiger charge is -2.36. The maximum atomic E-state index is 11.9. The molecule has 106 valence electrons. The van der Waals surface area contributed by atoms with E-state index in [0.717, 1.165) is 5.75 Å². The molecule has 0 aromatic heterocycles. The molecule has 1 aliphatic heterocycles. The fourth-order valence-corrected chi connectivity index (χ4v) is 5.17. The molecular formula is C11H14Cl2N2O2S2. The topological polar surface area (TPSA) is 63.4 Å². The van der Waals surface area contributed by atoms with Gasteiger partial charge in [-0.25, -0.2) is 8.42 Å². The number of nitrogen functional groups attached to an aromatic ring is 1. The van der Waals surface area contributed by atoms with E-state index < -0.39 is 15.2 Å². The maximum absolute atomic E-state index is 11.9. The zero-order chi connectivity index (χ0) is 14.2. The predicted octanol–water partition coefficient (Wildman–Crippen LogP) is 2.50. The first kappa shape index (κ1) is 15.1. The molecule has 4 nitrogen and oxygen atoms in total. The van der Waals surface area contributed by atoms with Crippen LogP contribution in [0, 0.1) is 0 Å². The Hall–Kier alpha value is -0.300. The highest BCUT2D eigenvalue weighted by molar-refractivity contribution is 8.01. The van der Waals surface area contributed by atoms with Crippen LogP contribution in [-0.2, 0) is 9.84 Å². The minimum Gasteiger partial charge on any atom is -0.397 e. The van der Waals surface area contributed by atoms with Gasteiger partial charge in [0.25, 0.3) is 0 Å². The van der Waals surface area contributed by atoms with Crippen LogP contribution in [0.2, 0.25) is 10.0 Å². The number of benzene rings is 1.